The highest BCUT2D eigenvalue weighted by molar-refractivity contribution is 5.51. The first-order valence-electron chi connectivity index (χ1n) is 11.0. The predicted octanol–water partition coefficient (Wildman–Crippen LogP) is 7.52. The molecule has 1 heteroatoms. The lowest BCUT2D eigenvalue weighted by Crippen LogP contribution is -2.42. The molecule has 4 rings (SSSR count). The van der Waals surface area contributed by atoms with Gasteiger partial charge in [0.15, 0.2) is 0 Å². The number of hydrogen-bond donors (Lipinski definition) is 0. The van der Waals surface area contributed by atoms with Crippen molar-refractivity contribution in [1.29, 1.82) is 0 Å². The summed E-state index contributed by atoms with van der Waals surface area (Å²) in [7, 11) is 0. The van der Waals surface area contributed by atoms with E-state index in [2.05, 4.69) is 128 Å². The van der Waals surface area contributed by atoms with Crippen LogP contribution in [0.2, 0.25) is 0 Å². The molecule has 0 unspecified atom stereocenters. The molecule has 1 aliphatic rings. The van der Waals surface area contributed by atoms with E-state index >= 15 is 0 Å². The van der Waals surface area contributed by atoms with E-state index in [-0.39, 0.29) is 0 Å². The fourth-order valence-corrected chi connectivity index (χ4v) is 4.63. The summed E-state index contributed by atoms with van der Waals surface area (Å²) in [5.41, 5.74) is 4.91. The molecular weight excluding hydrogens is 362 g/mol. The van der Waals surface area contributed by atoms with Crippen LogP contribution >= 0.6 is 0 Å². The van der Waals surface area contributed by atoms with Crippen molar-refractivity contribution < 1.29 is 0 Å². The van der Waals surface area contributed by atoms with E-state index in [1.54, 1.807) is 0 Å². The van der Waals surface area contributed by atoms with Gasteiger partial charge < -0.3 is 4.90 Å². The second-order valence-corrected chi connectivity index (χ2v) is 8.52. The molecule has 0 aliphatic carbocycles. The van der Waals surface area contributed by atoms with E-state index in [4.69, 9.17) is 0 Å². The molecule has 1 nitrogen and oxygen atoms in total. The van der Waals surface area contributed by atoms with Gasteiger partial charge in [-0.1, -0.05) is 116 Å². The summed E-state index contributed by atoms with van der Waals surface area (Å²) in [6.45, 7) is 4.62. The van der Waals surface area contributed by atoms with E-state index in [1.165, 1.54) is 22.3 Å². The lowest BCUT2D eigenvalue weighted by Gasteiger charge is -2.44. The van der Waals surface area contributed by atoms with Crippen LogP contribution in [0, 0.1) is 5.92 Å². The molecule has 30 heavy (non-hydrogen) atoms. The summed E-state index contributed by atoms with van der Waals surface area (Å²) in [6, 6.07) is 32.7. The minimum atomic E-state index is -0.424. The van der Waals surface area contributed by atoms with Crippen molar-refractivity contribution in [1.82, 2.24) is 4.90 Å². The summed E-state index contributed by atoms with van der Waals surface area (Å²) in [6.07, 6.45) is 10.4. The molecule has 0 amide bonds. The van der Waals surface area contributed by atoms with Gasteiger partial charge in [0.05, 0.1) is 0 Å². The van der Waals surface area contributed by atoms with Gasteiger partial charge in [0.25, 0.3) is 0 Å². The SMILES string of the molecule is CC(C)CC1=CN(C(c2ccccc2)(c2ccccc2)c2ccccc2)C=CCC1. The average Bonchev–Trinajstić information content (AvgIpc) is 3.02. The van der Waals surface area contributed by atoms with Crippen LogP contribution in [0.5, 0.6) is 0 Å². The molecule has 0 bridgehead atoms. The van der Waals surface area contributed by atoms with Crippen LogP contribution in [-0.4, -0.2) is 4.90 Å². The molecule has 1 aliphatic heterocycles. The first-order chi connectivity index (χ1) is 14.7. The Labute approximate surface area is 181 Å². The monoisotopic (exact) mass is 393 g/mol. The van der Waals surface area contributed by atoms with Crippen LogP contribution in [0.15, 0.2) is 115 Å². The first-order valence-corrected chi connectivity index (χ1v) is 11.0. The van der Waals surface area contributed by atoms with E-state index in [0.717, 1.165) is 19.3 Å². The molecule has 3 aromatic rings. The highest BCUT2D eigenvalue weighted by atomic mass is 15.2. The number of rotatable bonds is 6. The van der Waals surface area contributed by atoms with Crippen LogP contribution in [0.3, 0.4) is 0 Å². The molecule has 0 atom stereocenters. The summed E-state index contributed by atoms with van der Waals surface area (Å²) >= 11 is 0. The smallest absolute Gasteiger partial charge is 0.120 e. The fourth-order valence-electron chi connectivity index (χ4n) is 4.63. The molecule has 0 saturated heterocycles. The molecule has 1 heterocycles. The summed E-state index contributed by atoms with van der Waals surface area (Å²) in [4.78, 5) is 2.46. The second-order valence-electron chi connectivity index (χ2n) is 8.52. The minimum Gasteiger partial charge on any atom is -0.336 e. The van der Waals surface area contributed by atoms with Crippen LogP contribution < -0.4 is 0 Å². The maximum atomic E-state index is 2.46. The highest BCUT2D eigenvalue weighted by Crippen LogP contribution is 2.44. The molecular formula is C29H31N. The van der Waals surface area contributed by atoms with Crippen LogP contribution in [0.25, 0.3) is 0 Å². The Morgan fingerprint density at radius 2 is 1.20 bits per heavy atom. The maximum absolute atomic E-state index is 2.46. The summed E-state index contributed by atoms with van der Waals surface area (Å²) < 4.78 is 0. The van der Waals surface area contributed by atoms with Gasteiger partial charge in [-0.2, -0.15) is 0 Å². The second kappa shape index (κ2) is 9.17. The van der Waals surface area contributed by atoms with Gasteiger partial charge in [0.1, 0.15) is 5.54 Å². The van der Waals surface area contributed by atoms with E-state index in [0.29, 0.717) is 5.92 Å². The molecule has 0 aromatic heterocycles. The fraction of sp³-hybridized carbons (Fsp3) is 0.241. The van der Waals surface area contributed by atoms with Gasteiger partial charge in [-0.3, -0.25) is 0 Å². The molecule has 0 N–H and O–H groups in total. The van der Waals surface area contributed by atoms with Gasteiger partial charge in [-0.15, -0.1) is 0 Å². The zero-order chi connectivity index (χ0) is 20.8. The zero-order valence-corrected chi connectivity index (χ0v) is 18.0. The number of hydrogen-bond acceptors (Lipinski definition) is 1. The van der Waals surface area contributed by atoms with Crippen molar-refractivity contribution in [3.8, 4) is 0 Å². The van der Waals surface area contributed by atoms with E-state index < -0.39 is 5.54 Å². The molecule has 0 fully saturated rings. The molecule has 3 aromatic carbocycles. The number of allylic oxidation sites excluding steroid dienone is 2. The van der Waals surface area contributed by atoms with Crippen molar-refractivity contribution in [2.45, 2.75) is 38.6 Å². The van der Waals surface area contributed by atoms with Gasteiger partial charge in [0.2, 0.25) is 0 Å². The van der Waals surface area contributed by atoms with E-state index in [9.17, 15) is 0 Å². The standard InChI is InChI=1S/C29H31N/c1-24(2)22-25-14-12-13-21-30(23-25)29(26-15-6-3-7-16-26,27-17-8-4-9-18-27)28-19-10-5-11-20-28/h3-11,13,15-21,23-24H,12,14,22H2,1-2H3. The predicted molar refractivity (Wildman–Crippen MR) is 127 cm³/mol. The van der Waals surface area contributed by atoms with Gasteiger partial charge >= 0.3 is 0 Å². The van der Waals surface area contributed by atoms with Crippen molar-refractivity contribution in [2.24, 2.45) is 5.92 Å². The third-order valence-electron chi connectivity index (χ3n) is 5.85. The van der Waals surface area contributed by atoms with Crippen LogP contribution in [-0.2, 0) is 5.54 Å². The Kier molecular flexibility index (Phi) is 6.18. The maximum Gasteiger partial charge on any atom is 0.120 e. The Bertz CT molecular complexity index is 888. The van der Waals surface area contributed by atoms with Crippen molar-refractivity contribution in [2.75, 3.05) is 0 Å². The van der Waals surface area contributed by atoms with E-state index in [1.807, 2.05) is 0 Å². The topological polar surface area (TPSA) is 3.24 Å². The Hall–Kier alpha value is -3.06. The van der Waals surface area contributed by atoms with Crippen molar-refractivity contribution >= 4 is 0 Å². The molecule has 0 saturated carbocycles. The zero-order valence-electron chi connectivity index (χ0n) is 18.0. The molecule has 152 valence electrons. The molecule has 0 radical (unpaired) electrons. The largest absolute Gasteiger partial charge is 0.336 e. The molecule has 0 spiro atoms. The minimum absolute atomic E-state index is 0.424. The quantitative estimate of drug-likeness (QED) is 0.391. The average molecular weight is 394 g/mol. The third kappa shape index (κ3) is 3.98. The van der Waals surface area contributed by atoms with Crippen molar-refractivity contribution in [3.63, 3.8) is 0 Å². The Morgan fingerprint density at radius 3 is 1.63 bits per heavy atom. The lowest BCUT2D eigenvalue weighted by atomic mass is 9.75. The lowest BCUT2D eigenvalue weighted by molar-refractivity contribution is 0.312. The highest BCUT2D eigenvalue weighted by Gasteiger charge is 2.40. The van der Waals surface area contributed by atoms with Gasteiger partial charge in [-0.05, 0) is 41.9 Å². The number of benzene rings is 3. The number of nitrogens with zero attached hydrogens (tertiary/aromatic N) is 1. The third-order valence-corrected chi connectivity index (χ3v) is 5.85. The summed E-state index contributed by atoms with van der Waals surface area (Å²) in [5.74, 6) is 0.649. The Morgan fingerprint density at radius 1 is 0.733 bits per heavy atom. The van der Waals surface area contributed by atoms with Gasteiger partial charge in [-0.25, -0.2) is 0 Å². The van der Waals surface area contributed by atoms with Crippen LogP contribution in [0.1, 0.15) is 49.8 Å². The summed E-state index contributed by atoms with van der Waals surface area (Å²) in [5, 5.41) is 0. The van der Waals surface area contributed by atoms with Crippen LogP contribution in [0.4, 0.5) is 0 Å². The normalized spacial score (nSPS) is 14.5. The Balaban J connectivity index is 2.02. The van der Waals surface area contributed by atoms with Crippen molar-refractivity contribution in [3.05, 3.63) is 132 Å². The first kappa shape index (κ1) is 20.2. The van der Waals surface area contributed by atoms with Gasteiger partial charge in [0, 0.05) is 12.4 Å².